The van der Waals surface area contributed by atoms with Crippen molar-refractivity contribution in [2.45, 2.75) is 6.42 Å². The van der Waals surface area contributed by atoms with Gasteiger partial charge in [-0.15, -0.1) is 0 Å². The first kappa shape index (κ1) is 16.3. The van der Waals surface area contributed by atoms with Crippen LogP contribution in [0.5, 0.6) is 0 Å². The maximum Gasteiger partial charge on any atom is 0.214 e. The topological polar surface area (TPSA) is 79.5 Å². The molecule has 0 amide bonds. The summed E-state index contributed by atoms with van der Waals surface area (Å²) in [7, 11) is -3.23. The van der Waals surface area contributed by atoms with Crippen LogP contribution in [0.1, 0.15) is 5.69 Å². The van der Waals surface area contributed by atoms with E-state index >= 15 is 0 Å². The van der Waals surface area contributed by atoms with Crippen LogP contribution in [0, 0.1) is 0 Å². The minimum Gasteiger partial charge on any atom is -0.392 e. The number of sulfonamides is 1. The van der Waals surface area contributed by atoms with Crippen molar-refractivity contribution in [2.24, 2.45) is 5.73 Å². The van der Waals surface area contributed by atoms with E-state index in [9.17, 15) is 8.42 Å². The van der Waals surface area contributed by atoms with Crippen molar-refractivity contribution in [3.63, 3.8) is 0 Å². The molecule has 0 bridgehead atoms. The third-order valence-corrected chi connectivity index (χ3v) is 5.45. The number of aromatic nitrogens is 1. The lowest BCUT2D eigenvalue weighted by Gasteiger charge is -2.33. The number of pyridine rings is 1. The molecule has 1 aliphatic heterocycles. The summed E-state index contributed by atoms with van der Waals surface area (Å²) < 4.78 is 26.2. The van der Waals surface area contributed by atoms with Crippen LogP contribution < -0.4 is 5.73 Å². The van der Waals surface area contributed by atoms with E-state index in [0.717, 1.165) is 5.69 Å². The number of nitrogens with two attached hydrogens (primary N) is 1. The molecule has 6 nitrogen and oxygen atoms in total. The second-order valence-electron chi connectivity index (χ2n) is 5.03. The zero-order valence-corrected chi connectivity index (χ0v) is 13.4. The first-order valence-electron chi connectivity index (χ1n) is 6.86. The molecular formula is C13H20N4O2S2. The highest BCUT2D eigenvalue weighted by atomic mass is 32.2. The van der Waals surface area contributed by atoms with Gasteiger partial charge in [0.25, 0.3) is 0 Å². The van der Waals surface area contributed by atoms with Gasteiger partial charge in [0.1, 0.15) is 0 Å². The van der Waals surface area contributed by atoms with Gasteiger partial charge in [-0.3, -0.25) is 9.88 Å². The Morgan fingerprint density at radius 3 is 2.57 bits per heavy atom. The van der Waals surface area contributed by atoms with Gasteiger partial charge in [0.15, 0.2) is 0 Å². The Labute approximate surface area is 131 Å². The summed E-state index contributed by atoms with van der Waals surface area (Å²) in [5, 5.41) is 0. The molecule has 1 aromatic rings. The van der Waals surface area contributed by atoms with Crippen LogP contribution >= 0.6 is 12.2 Å². The molecule has 1 saturated heterocycles. The third kappa shape index (κ3) is 4.99. The lowest BCUT2D eigenvalue weighted by atomic mass is 10.3. The number of nitrogens with zero attached hydrogens (tertiary/aromatic N) is 3. The quantitative estimate of drug-likeness (QED) is 0.732. The van der Waals surface area contributed by atoms with Crippen molar-refractivity contribution in [3.8, 4) is 0 Å². The minimum absolute atomic E-state index is 0.0965. The highest BCUT2D eigenvalue weighted by Crippen LogP contribution is 2.09. The molecule has 2 heterocycles. The summed E-state index contributed by atoms with van der Waals surface area (Å²) in [5.41, 5.74) is 6.31. The Balaban J connectivity index is 1.85. The number of piperazine rings is 1. The zero-order valence-electron chi connectivity index (χ0n) is 11.8. The van der Waals surface area contributed by atoms with Gasteiger partial charge < -0.3 is 5.73 Å². The normalized spacial score (nSPS) is 17.7. The van der Waals surface area contributed by atoms with E-state index in [1.54, 1.807) is 10.5 Å². The number of thiocarbonyl (C=S) groups is 1. The van der Waals surface area contributed by atoms with Gasteiger partial charge in [-0.05, 0) is 12.1 Å². The second kappa shape index (κ2) is 7.26. The molecule has 1 aromatic heterocycles. The minimum atomic E-state index is -3.23. The maximum absolute atomic E-state index is 12.3. The van der Waals surface area contributed by atoms with E-state index < -0.39 is 10.0 Å². The fourth-order valence-electron chi connectivity index (χ4n) is 2.29. The maximum atomic E-state index is 12.3. The molecule has 0 aliphatic carbocycles. The first-order valence-corrected chi connectivity index (χ1v) is 8.87. The van der Waals surface area contributed by atoms with E-state index in [4.69, 9.17) is 18.0 Å². The smallest absolute Gasteiger partial charge is 0.214 e. The summed E-state index contributed by atoms with van der Waals surface area (Å²) in [4.78, 5) is 6.67. The molecule has 0 atom stereocenters. The molecule has 1 aliphatic rings. The Bertz CT molecular complexity index is 569. The Hall–Kier alpha value is -1.09. The fourth-order valence-corrected chi connectivity index (χ4v) is 3.92. The van der Waals surface area contributed by atoms with Crippen LogP contribution in [0.4, 0.5) is 0 Å². The average molecular weight is 328 g/mol. The Kier molecular flexibility index (Phi) is 5.63. The monoisotopic (exact) mass is 328 g/mol. The molecule has 8 heteroatoms. The Morgan fingerprint density at radius 1 is 1.29 bits per heavy atom. The van der Waals surface area contributed by atoms with Crippen LogP contribution in [0.15, 0.2) is 24.4 Å². The predicted octanol–water partition coefficient (Wildman–Crippen LogP) is -0.142. The van der Waals surface area contributed by atoms with Crippen molar-refractivity contribution < 1.29 is 8.42 Å². The third-order valence-electron chi connectivity index (χ3n) is 3.45. The van der Waals surface area contributed by atoms with Crippen LogP contribution in [0.2, 0.25) is 0 Å². The van der Waals surface area contributed by atoms with Crippen molar-refractivity contribution in [1.82, 2.24) is 14.2 Å². The van der Waals surface area contributed by atoms with Gasteiger partial charge in [-0.25, -0.2) is 8.42 Å². The lowest BCUT2D eigenvalue weighted by Crippen LogP contribution is -2.50. The van der Waals surface area contributed by atoms with Gasteiger partial charge in [0.05, 0.1) is 10.7 Å². The molecular weight excluding hydrogens is 308 g/mol. The van der Waals surface area contributed by atoms with Crippen LogP contribution in [-0.2, 0) is 16.4 Å². The van der Waals surface area contributed by atoms with Crippen molar-refractivity contribution >= 4 is 27.2 Å². The molecule has 21 heavy (non-hydrogen) atoms. The van der Waals surface area contributed by atoms with E-state index in [-0.39, 0.29) is 5.75 Å². The highest BCUT2D eigenvalue weighted by Gasteiger charge is 2.26. The van der Waals surface area contributed by atoms with Crippen molar-refractivity contribution in [3.05, 3.63) is 30.1 Å². The van der Waals surface area contributed by atoms with Crippen LogP contribution in [0.25, 0.3) is 0 Å². The van der Waals surface area contributed by atoms with Crippen LogP contribution in [-0.4, -0.2) is 66.1 Å². The van der Waals surface area contributed by atoms with Crippen LogP contribution in [0.3, 0.4) is 0 Å². The zero-order chi connectivity index (χ0) is 15.3. The standard InChI is InChI=1S/C13H20N4O2S2/c14-13(20)11-16-6-8-17(9-7-16)21(18,19)10-4-12-3-1-2-5-15-12/h1-3,5H,4,6-11H2,(H2,14,20). The fraction of sp³-hybridized carbons (Fsp3) is 0.538. The SMILES string of the molecule is NC(=S)CN1CCN(S(=O)(=O)CCc2ccccn2)CC1. The lowest BCUT2D eigenvalue weighted by molar-refractivity contribution is 0.209. The number of aryl methyl sites for hydroxylation is 1. The van der Waals surface area contributed by atoms with Gasteiger partial charge in [-0.2, -0.15) is 4.31 Å². The van der Waals surface area contributed by atoms with E-state index in [0.29, 0.717) is 44.1 Å². The van der Waals surface area contributed by atoms with Crippen molar-refractivity contribution in [1.29, 1.82) is 0 Å². The van der Waals surface area contributed by atoms with E-state index in [1.807, 2.05) is 18.2 Å². The largest absolute Gasteiger partial charge is 0.392 e. The van der Waals surface area contributed by atoms with E-state index in [1.165, 1.54) is 0 Å². The average Bonchev–Trinajstić information content (AvgIpc) is 2.46. The molecule has 2 rings (SSSR count). The summed E-state index contributed by atoms with van der Waals surface area (Å²) in [6.45, 7) is 2.87. The number of hydrogen-bond donors (Lipinski definition) is 1. The predicted molar refractivity (Wildman–Crippen MR) is 86.5 cm³/mol. The van der Waals surface area contributed by atoms with E-state index in [2.05, 4.69) is 9.88 Å². The Morgan fingerprint density at radius 2 is 2.00 bits per heavy atom. The van der Waals surface area contributed by atoms with Gasteiger partial charge in [0, 0.05) is 51.0 Å². The molecule has 0 unspecified atom stereocenters. The van der Waals surface area contributed by atoms with Gasteiger partial charge in [-0.1, -0.05) is 18.3 Å². The summed E-state index contributed by atoms with van der Waals surface area (Å²) in [6.07, 6.45) is 2.12. The molecule has 0 radical (unpaired) electrons. The summed E-state index contributed by atoms with van der Waals surface area (Å²) in [5.74, 6) is 0.0965. The van der Waals surface area contributed by atoms with Gasteiger partial charge >= 0.3 is 0 Å². The first-order chi connectivity index (χ1) is 9.97. The summed E-state index contributed by atoms with van der Waals surface area (Å²) >= 11 is 4.87. The molecule has 1 fully saturated rings. The van der Waals surface area contributed by atoms with Crippen molar-refractivity contribution in [2.75, 3.05) is 38.5 Å². The van der Waals surface area contributed by atoms with Gasteiger partial charge in [0.2, 0.25) is 10.0 Å². The second-order valence-corrected chi connectivity index (χ2v) is 7.64. The molecule has 0 aromatic carbocycles. The molecule has 0 saturated carbocycles. The highest BCUT2D eigenvalue weighted by molar-refractivity contribution is 7.89. The number of hydrogen-bond acceptors (Lipinski definition) is 5. The molecule has 116 valence electrons. The number of rotatable bonds is 6. The molecule has 2 N–H and O–H groups in total. The summed E-state index contributed by atoms with van der Waals surface area (Å²) in [6, 6.07) is 5.53. The molecule has 0 spiro atoms.